The van der Waals surface area contributed by atoms with Crippen molar-refractivity contribution in [2.45, 2.75) is 38.6 Å². The Morgan fingerprint density at radius 2 is 1.92 bits per heavy atom. The number of rotatable bonds is 6. The molecule has 0 amide bonds. The number of aliphatic imine (C=N–C) groups is 1. The van der Waals surface area contributed by atoms with Gasteiger partial charge in [-0.05, 0) is 32.3 Å². The summed E-state index contributed by atoms with van der Waals surface area (Å²) in [6.45, 7) is 5.55. The second kappa shape index (κ2) is 7.77. The van der Waals surface area contributed by atoms with E-state index < -0.39 is 0 Å². The Labute approximate surface area is 155 Å². The summed E-state index contributed by atoms with van der Waals surface area (Å²) >= 11 is 0. The van der Waals surface area contributed by atoms with Gasteiger partial charge in [-0.25, -0.2) is 0 Å². The van der Waals surface area contributed by atoms with Gasteiger partial charge in [0.15, 0.2) is 5.96 Å². The minimum atomic E-state index is 0.250. The molecule has 0 spiro atoms. The first-order valence-electron chi connectivity index (χ1n) is 9.09. The molecule has 0 atom stereocenters. The van der Waals surface area contributed by atoms with Crippen LogP contribution in [0.4, 0.5) is 0 Å². The summed E-state index contributed by atoms with van der Waals surface area (Å²) in [5, 5.41) is 6.85. The summed E-state index contributed by atoms with van der Waals surface area (Å²) in [5.74, 6) is 1.70. The molecule has 1 fully saturated rings. The van der Waals surface area contributed by atoms with E-state index >= 15 is 0 Å². The molecule has 3 rings (SSSR count). The van der Waals surface area contributed by atoms with E-state index in [1.54, 1.807) is 14.2 Å². The highest BCUT2D eigenvalue weighted by molar-refractivity contribution is 5.79. The molecular formula is C21H28N4O. The van der Waals surface area contributed by atoms with Crippen LogP contribution in [0.3, 0.4) is 0 Å². The van der Waals surface area contributed by atoms with Crippen molar-refractivity contribution in [3.05, 3.63) is 58.9 Å². The topological polar surface area (TPSA) is 58.5 Å². The minimum Gasteiger partial charge on any atom is -0.496 e. The third kappa shape index (κ3) is 3.82. The number of guanidine groups is 1. The van der Waals surface area contributed by atoms with Crippen molar-refractivity contribution in [1.82, 2.24) is 15.6 Å². The van der Waals surface area contributed by atoms with Gasteiger partial charge in [0.2, 0.25) is 0 Å². The normalized spacial score (nSPS) is 15.5. The highest BCUT2D eigenvalue weighted by Crippen LogP contribution is 2.47. The Morgan fingerprint density at radius 3 is 2.54 bits per heavy atom. The lowest BCUT2D eigenvalue weighted by Gasteiger charge is -2.19. The zero-order valence-electron chi connectivity index (χ0n) is 16.1. The summed E-state index contributed by atoms with van der Waals surface area (Å²) in [6.07, 6.45) is 4.29. The van der Waals surface area contributed by atoms with Crippen molar-refractivity contribution in [1.29, 1.82) is 0 Å². The fourth-order valence-electron chi connectivity index (χ4n) is 3.40. The molecule has 0 saturated heterocycles. The van der Waals surface area contributed by atoms with Crippen LogP contribution in [0.25, 0.3) is 0 Å². The van der Waals surface area contributed by atoms with E-state index in [1.165, 1.54) is 18.4 Å². The average molecular weight is 352 g/mol. The van der Waals surface area contributed by atoms with Crippen LogP contribution in [0.2, 0.25) is 0 Å². The fraction of sp³-hybridized carbons (Fsp3) is 0.429. The number of hydrogen-bond acceptors (Lipinski definition) is 3. The van der Waals surface area contributed by atoms with Gasteiger partial charge >= 0.3 is 0 Å². The van der Waals surface area contributed by atoms with Gasteiger partial charge in [-0.15, -0.1) is 0 Å². The molecule has 5 nitrogen and oxygen atoms in total. The maximum atomic E-state index is 5.49. The van der Waals surface area contributed by atoms with Crippen LogP contribution < -0.4 is 15.4 Å². The predicted molar refractivity (Wildman–Crippen MR) is 106 cm³/mol. The van der Waals surface area contributed by atoms with Crippen molar-refractivity contribution in [2.75, 3.05) is 20.7 Å². The quantitative estimate of drug-likeness (QED) is 0.619. The lowest BCUT2D eigenvalue weighted by molar-refractivity contribution is 0.406. The Balaban J connectivity index is 1.60. The molecule has 26 heavy (non-hydrogen) atoms. The first-order chi connectivity index (χ1) is 12.6. The molecule has 0 unspecified atom stereocenters. The third-order valence-electron chi connectivity index (χ3n) is 5.23. The Bertz CT molecular complexity index is 782. The van der Waals surface area contributed by atoms with Crippen molar-refractivity contribution in [3.8, 4) is 5.75 Å². The van der Waals surface area contributed by atoms with Gasteiger partial charge in [-0.1, -0.05) is 30.3 Å². The van der Waals surface area contributed by atoms with Crippen LogP contribution in [0.15, 0.2) is 41.5 Å². The summed E-state index contributed by atoms with van der Waals surface area (Å²) in [5.41, 5.74) is 4.75. The van der Waals surface area contributed by atoms with E-state index in [9.17, 15) is 0 Å². The highest BCUT2D eigenvalue weighted by atomic mass is 16.5. The van der Waals surface area contributed by atoms with Crippen LogP contribution in [0.1, 0.15) is 35.2 Å². The van der Waals surface area contributed by atoms with Gasteiger partial charge in [0.05, 0.1) is 19.3 Å². The number of aryl methyl sites for hydroxylation is 1. The summed E-state index contributed by atoms with van der Waals surface area (Å²) in [7, 11) is 3.50. The van der Waals surface area contributed by atoms with E-state index in [0.717, 1.165) is 35.1 Å². The molecule has 1 aromatic heterocycles. The molecule has 0 bridgehead atoms. The molecule has 5 heteroatoms. The van der Waals surface area contributed by atoms with Crippen molar-refractivity contribution in [2.24, 2.45) is 4.99 Å². The minimum absolute atomic E-state index is 0.250. The predicted octanol–water partition coefficient (Wildman–Crippen LogP) is 3.10. The largest absolute Gasteiger partial charge is 0.496 e. The van der Waals surface area contributed by atoms with Crippen LogP contribution in [-0.4, -0.2) is 31.6 Å². The number of aromatic nitrogens is 1. The maximum absolute atomic E-state index is 5.49. The van der Waals surface area contributed by atoms with Crippen molar-refractivity contribution < 1.29 is 4.74 Å². The van der Waals surface area contributed by atoms with E-state index in [2.05, 4.69) is 50.9 Å². The molecule has 138 valence electrons. The lowest BCUT2D eigenvalue weighted by Crippen LogP contribution is -2.41. The summed E-state index contributed by atoms with van der Waals surface area (Å²) in [6, 6.07) is 10.7. The Hall–Kier alpha value is -2.56. The SMILES string of the molecule is CN=C(NCc1ncc(C)c(OC)c1C)NCC1(c2ccccc2)CC1. The van der Waals surface area contributed by atoms with Gasteiger partial charge in [-0.2, -0.15) is 0 Å². The number of nitrogens with zero attached hydrogens (tertiary/aromatic N) is 2. The Kier molecular flexibility index (Phi) is 5.45. The molecule has 1 heterocycles. The van der Waals surface area contributed by atoms with Crippen LogP contribution >= 0.6 is 0 Å². The van der Waals surface area contributed by atoms with Gasteiger partial charge in [0.1, 0.15) is 5.75 Å². The van der Waals surface area contributed by atoms with Crippen LogP contribution in [0, 0.1) is 13.8 Å². The van der Waals surface area contributed by atoms with Gasteiger partial charge in [0, 0.05) is 36.3 Å². The zero-order valence-corrected chi connectivity index (χ0v) is 16.1. The number of nitrogens with one attached hydrogen (secondary N) is 2. The molecular weight excluding hydrogens is 324 g/mol. The average Bonchev–Trinajstić information content (AvgIpc) is 3.46. The molecule has 2 N–H and O–H groups in total. The van der Waals surface area contributed by atoms with Gasteiger partial charge in [0.25, 0.3) is 0 Å². The van der Waals surface area contributed by atoms with Gasteiger partial charge in [-0.3, -0.25) is 9.98 Å². The third-order valence-corrected chi connectivity index (χ3v) is 5.23. The number of hydrogen-bond donors (Lipinski definition) is 2. The van der Waals surface area contributed by atoms with Crippen LogP contribution in [0.5, 0.6) is 5.75 Å². The van der Waals surface area contributed by atoms with Crippen molar-refractivity contribution in [3.63, 3.8) is 0 Å². The molecule has 0 radical (unpaired) electrons. The molecule has 1 aliphatic carbocycles. The standard InChI is InChI=1S/C21H28N4O/c1-15-12-23-18(16(2)19(15)26-4)13-24-20(22-3)25-14-21(10-11-21)17-8-6-5-7-9-17/h5-9,12H,10-11,13-14H2,1-4H3,(H2,22,24,25). The summed E-state index contributed by atoms with van der Waals surface area (Å²) in [4.78, 5) is 8.89. The summed E-state index contributed by atoms with van der Waals surface area (Å²) < 4.78 is 5.49. The molecule has 0 aliphatic heterocycles. The van der Waals surface area contributed by atoms with Crippen LogP contribution in [-0.2, 0) is 12.0 Å². The first kappa shape index (κ1) is 18.2. The van der Waals surface area contributed by atoms with E-state index in [1.807, 2.05) is 20.0 Å². The van der Waals surface area contributed by atoms with E-state index in [-0.39, 0.29) is 5.41 Å². The molecule has 2 aromatic rings. The number of pyridine rings is 1. The fourth-order valence-corrected chi connectivity index (χ4v) is 3.40. The first-order valence-corrected chi connectivity index (χ1v) is 9.09. The molecule has 1 aliphatic rings. The lowest BCUT2D eigenvalue weighted by atomic mass is 9.96. The molecule has 1 saturated carbocycles. The number of ether oxygens (including phenoxy) is 1. The zero-order chi connectivity index (χ0) is 18.6. The maximum Gasteiger partial charge on any atom is 0.191 e. The van der Waals surface area contributed by atoms with Crippen molar-refractivity contribution >= 4 is 5.96 Å². The van der Waals surface area contributed by atoms with E-state index in [4.69, 9.17) is 4.74 Å². The Morgan fingerprint density at radius 1 is 1.19 bits per heavy atom. The van der Waals surface area contributed by atoms with Gasteiger partial charge < -0.3 is 15.4 Å². The smallest absolute Gasteiger partial charge is 0.191 e. The van der Waals surface area contributed by atoms with E-state index in [0.29, 0.717) is 6.54 Å². The number of methoxy groups -OCH3 is 1. The number of benzene rings is 1. The monoisotopic (exact) mass is 352 g/mol. The second-order valence-corrected chi connectivity index (χ2v) is 6.97. The highest BCUT2D eigenvalue weighted by Gasteiger charge is 2.43. The molecule has 1 aromatic carbocycles. The second-order valence-electron chi connectivity index (χ2n) is 6.97.